The molecule has 0 atom stereocenters. The molecule has 1 aromatic heterocycles. The number of nitrogen functional groups attached to an aromatic ring is 1. The van der Waals surface area contributed by atoms with Crippen molar-refractivity contribution in [3.8, 4) is 12.1 Å². The Hall–Kier alpha value is -3.81. The summed E-state index contributed by atoms with van der Waals surface area (Å²) in [4.78, 5) is 19.3. The second-order valence-corrected chi connectivity index (χ2v) is 7.74. The Morgan fingerprint density at radius 2 is 1.57 bits per heavy atom. The Bertz CT molecular complexity index is 1180. The molecule has 0 unspecified atom stereocenters. The number of benzene rings is 2. The van der Waals surface area contributed by atoms with Crippen molar-refractivity contribution in [3.63, 3.8) is 0 Å². The number of para-hydroxylation sites is 2. The van der Waals surface area contributed by atoms with Gasteiger partial charge in [0.1, 0.15) is 23.0 Å². The Morgan fingerprint density at radius 1 is 1.00 bits per heavy atom. The van der Waals surface area contributed by atoms with Gasteiger partial charge in [-0.1, -0.05) is 48.2 Å². The fourth-order valence-corrected chi connectivity index (χ4v) is 4.34. The van der Waals surface area contributed by atoms with Crippen LogP contribution in [-0.2, 0) is 17.6 Å². The molecule has 0 spiro atoms. The number of carbonyl (C=O) groups excluding carboxylic acids is 1. The first-order valence-electron chi connectivity index (χ1n) is 9.34. The van der Waals surface area contributed by atoms with E-state index in [-0.39, 0.29) is 28.6 Å². The van der Waals surface area contributed by atoms with Crippen LogP contribution >= 0.6 is 11.8 Å². The number of nitrogens with zero attached hydrogens (tertiary/aromatic N) is 4. The standard InChI is InChI=1S/C23H17N5OS/c24-12-17-11-18(13-25)23(27-22(17)26)30-14-21(29)28-19-7-3-1-5-15(19)9-10-16-6-2-4-8-20(16)28/h1-8,11H,9-10,14H2,(H2,26,27). The average Bonchev–Trinajstić information content (AvgIpc) is 2.94. The van der Waals surface area contributed by atoms with Crippen molar-refractivity contribution >= 4 is 34.9 Å². The van der Waals surface area contributed by atoms with Crippen LogP contribution < -0.4 is 10.6 Å². The molecule has 6 nitrogen and oxygen atoms in total. The molecule has 0 radical (unpaired) electrons. The number of thioether (sulfide) groups is 1. The third kappa shape index (κ3) is 3.59. The number of aryl methyl sites for hydroxylation is 2. The molecule has 2 aromatic carbocycles. The normalized spacial score (nSPS) is 12.1. The second-order valence-electron chi connectivity index (χ2n) is 6.77. The van der Waals surface area contributed by atoms with Crippen LogP contribution in [0, 0.1) is 22.7 Å². The van der Waals surface area contributed by atoms with Crippen LogP contribution in [0.25, 0.3) is 0 Å². The minimum Gasteiger partial charge on any atom is -0.383 e. The molecule has 1 aliphatic heterocycles. The summed E-state index contributed by atoms with van der Waals surface area (Å²) in [7, 11) is 0. The first kappa shape index (κ1) is 19.5. The monoisotopic (exact) mass is 411 g/mol. The van der Waals surface area contributed by atoms with E-state index in [0.29, 0.717) is 5.03 Å². The van der Waals surface area contributed by atoms with Crippen LogP contribution in [0.4, 0.5) is 17.2 Å². The van der Waals surface area contributed by atoms with Gasteiger partial charge in [0.25, 0.3) is 0 Å². The Morgan fingerprint density at radius 3 is 2.13 bits per heavy atom. The number of aromatic nitrogens is 1. The molecule has 1 aliphatic rings. The number of pyridine rings is 1. The predicted octanol–water partition coefficient (Wildman–Crippen LogP) is 3.96. The summed E-state index contributed by atoms with van der Waals surface area (Å²) in [5, 5.41) is 18.8. The lowest BCUT2D eigenvalue weighted by molar-refractivity contribution is -0.115. The second kappa shape index (κ2) is 8.28. The summed E-state index contributed by atoms with van der Waals surface area (Å²) in [5.74, 6) is 0.0164. The Balaban J connectivity index is 1.67. The number of fused-ring (bicyclic) bond motifs is 2. The minimum absolute atomic E-state index is 0.0527. The van der Waals surface area contributed by atoms with E-state index in [1.807, 2.05) is 60.7 Å². The van der Waals surface area contributed by atoms with E-state index in [4.69, 9.17) is 11.0 Å². The molecule has 0 fully saturated rings. The van der Waals surface area contributed by atoms with Crippen molar-refractivity contribution in [3.05, 3.63) is 76.9 Å². The first-order chi connectivity index (χ1) is 14.6. The molecule has 0 saturated heterocycles. The van der Waals surface area contributed by atoms with Gasteiger partial charge in [-0.15, -0.1) is 0 Å². The van der Waals surface area contributed by atoms with Gasteiger partial charge in [-0.3, -0.25) is 9.69 Å². The summed E-state index contributed by atoms with van der Waals surface area (Å²) < 4.78 is 0. The Kier molecular flexibility index (Phi) is 5.38. The van der Waals surface area contributed by atoms with Gasteiger partial charge in [0.05, 0.1) is 28.3 Å². The number of nitrogens with two attached hydrogens (primary N) is 1. The molecule has 1 amide bonds. The molecule has 2 N–H and O–H groups in total. The topological polar surface area (TPSA) is 107 Å². The van der Waals surface area contributed by atoms with Crippen molar-refractivity contribution in [1.82, 2.24) is 4.98 Å². The molecule has 30 heavy (non-hydrogen) atoms. The Labute approximate surface area is 178 Å². The van der Waals surface area contributed by atoms with E-state index in [1.54, 1.807) is 4.90 Å². The lowest BCUT2D eigenvalue weighted by Gasteiger charge is -2.25. The highest BCUT2D eigenvalue weighted by atomic mass is 32.2. The fourth-order valence-electron chi connectivity index (χ4n) is 3.53. The van der Waals surface area contributed by atoms with Gasteiger partial charge in [-0.25, -0.2) is 4.98 Å². The zero-order valence-corrected chi connectivity index (χ0v) is 16.8. The molecular formula is C23H17N5OS. The number of anilines is 3. The smallest absolute Gasteiger partial charge is 0.241 e. The number of carbonyl (C=O) groups is 1. The van der Waals surface area contributed by atoms with Gasteiger partial charge in [0, 0.05) is 0 Å². The third-order valence-electron chi connectivity index (χ3n) is 4.97. The molecule has 7 heteroatoms. The van der Waals surface area contributed by atoms with E-state index in [0.717, 1.165) is 47.1 Å². The van der Waals surface area contributed by atoms with Gasteiger partial charge >= 0.3 is 0 Å². The van der Waals surface area contributed by atoms with Gasteiger partial charge in [-0.2, -0.15) is 10.5 Å². The van der Waals surface area contributed by atoms with Crippen molar-refractivity contribution < 1.29 is 4.79 Å². The fraction of sp³-hybridized carbons (Fsp3) is 0.130. The van der Waals surface area contributed by atoms with E-state index >= 15 is 0 Å². The lowest BCUT2D eigenvalue weighted by atomic mass is 10.0. The van der Waals surface area contributed by atoms with Crippen molar-refractivity contribution in [2.75, 3.05) is 16.4 Å². The highest BCUT2D eigenvalue weighted by Gasteiger charge is 2.26. The molecule has 0 bridgehead atoms. The predicted molar refractivity (Wildman–Crippen MR) is 116 cm³/mol. The molecule has 4 rings (SSSR count). The largest absolute Gasteiger partial charge is 0.383 e. The maximum absolute atomic E-state index is 13.4. The highest BCUT2D eigenvalue weighted by Crippen LogP contribution is 2.37. The van der Waals surface area contributed by atoms with Crippen LogP contribution in [0.3, 0.4) is 0 Å². The third-order valence-corrected chi connectivity index (χ3v) is 5.94. The van der Waals surface area contributed by atoms with E-state index in [1.165, 1.54) is 6.07 Å². The number of rotatable bonds is 3. The van der Waals surface area contributed by atoms with Crippen LogP contribution in [0.5, 0.6) is 0 Å². The van der Waals surface area contributed by atoms with Gasteiger partial charge in [0.15, 0.2) is 0 Å². The number of nitriles is 2. The SMILES string of the molecule is N#Cc1cc(C#N)c(SCC(=O)N2c3ccccc3CCc3ccccc32)nc1N. The van der Waals surface area contributed by atoms with E-state index in [9.17, 15) is 10.1 Å². The van der Waals surface area contributed by atoms with Crippen molar-refractivity contribution in [1.29, 1.82) is 10.5 Å². The maximum Gasteiger partial charge on any atom is 0.241 e. The van der Waals surface area contributed by atoms with Crippen LogP contribution in [0.15, 0.2) is 59.6 Å². The quantitative estimate of drug-likeness (QED) is 0.654. The summed E-state index contributed by atoms with van der Waals surface area (Å²) in [6.07, 6.45) is 1.72. The van der Waals surface area contributed by atoms with Crippen LogP contribution in [0.1, 0.15) is 22.3 Å². The van der Waals surface area contributed by atoms with E-state index < -0.39 is 0 Å². The maximum atomic E-state index is 13.4. The zero-order valence-electron chi connectivity index (χ0n) is 16.0. The van der Waals surface area contributed by atoms with Gasteiger partial charge in [-0.05, 0) is 42.2 Å². The molecular weight excluding hydrogens is 394 g/mol. The van der Waals surface area contributed by atoms with Crippen LogP contribution in [0.2, 0.25) is 0 Å². The van der Waals surface area contributed by atoms with Gasteiger partial charge in [0.2, 0.25) is 5.91 Å². The highest BCUT2D eigenvalue weighted by molar-refractivity contribution is 8.00. The average molecular weight is 411 g/mol. The van der Waals surface area contributed by atoms with Crippen molar-refractivity contribution in [2.24, 2.45) is 0 Å². The summed E-state index contributed by atoms with van der Waals surface area (Å²) in [6, 6.07) is 21.2. The van der Waals surface area contributed by atoms with Gasteiger partial charge < -0.3 is 5.73 Å². The van der Waals surface area contributed by atoms with Crippen LogP contribution in [-0.4, -0.2) is 16.6 Å². The molecule has 146 valence electrons. The number of hydrogen-bond acceptors (Lipinski definition) is 6. The number of hydrogen-bond donors (Lipinski definition) is 1. The molecule has 0 aliphatic carbocycles. The summed E-state index contributed by atoms with van der Waals surface area (Å²) >= 11 is 1.15. The minimum atomic E-state index is -0.115. The molecule has 2 heterocycles. The first-order valence-corrected chi connectivity index (χ1v) is 10.3. The lowest BCUT2D eigenvalue weighted by Crippen LogP contribution is -2.28. The summed E-state index contributed by atoms with van der Waals surface area (Å²) in [6.45, 7) is 0. The zero-order chi connectivity index (χ0) is 21.1. The molecule has 3 aromatic rings. The van der Waals surface area contributed by atoms with E-state index in [2.05, 4.69) is 4.98 Å². The van der Waals surface area contributed by atoms with Crippen molar-refractivity contribution in [2.45, 2.75) is 17.9 Å². The summed E-state index contributed by atoms with van der Waals surface area (Å²) in [5.41, 5.74) is 10.2. The molecule has 0 saturated carbocycles. The number of amides is 1.